The van der Waals surface area contributed by atoms with Crippen LogP contribution in [0.1, 0.15) is 42.1 Å². The molecule has 4 rings (SSSR count). The highest BCUT2D eigenvalue weighted by Crippen LogP contribution is 2.37. The Labute approximate surface area is 212 Å². The highest BCUT2D eigenvalue weighted by atomic mass is 19.1. The number of carbonyl (C=O) groups excluding carboxylic acids is 2. The van der Waals surface area contributed by atoms with Crippen molar-refractivity contribution in [1.82, 2.24) is 19.7 Å². The molecule has 2 aromatic heterocycles. The number of likely N-dealkylation sites (tertiary alicyclic amines) is 1. The molecule has 9 nitrogen and oxygen atoms in total. The number of pyridine rings is 1. The number of carbonyl (C=O) groups is 2. The predicted octanol–water partition coefficient (Wildman–Crippen LogP) is 3.38. The molecule has 3 aromatic rings. The van der Waals surface area contributed by atoms with Crippen molar-refractivity contribution >= 4 is 17.6 Å². The van der Waals surface area contributed by atoms with Gasteiger partial charge in [0.15, 0.2) is 5.82 Å². The third-order valence-electron chi connectivity index (χ3n) is 6.66. The molecule has 2 atom stereocenters. The van der Waals surface area contributed by atoms with E-state index >= 15 is 4.39 Å². The molecule has 3 heterocycles. The molecule has 1 fully saturated rings. The molecule has 0 saturated carbocycles. The number of nitriles is 1. The molecule has 0 spiro atoms. The number of primary amides is 1. The smallest absolute Gasteiger partial charge is 0.254 e. The molecule has 1 aliphatic rings. The van der Waals surface area contributed by atoms with Gasteiger partial charge in [-0.15, -0.1) is 0 Å². The van der Waals surface area contributed by atoms with Gasteiger partial charge in [0.25, 0.3) is 5.91 Å². The van der Waals surface area contributed by atoms with Gasteiger partial charge in [-0.05, 0) is 6.42 Å². The van der Waals surface area contributed by atoms with Crippen LogP contribution in [0.25, 0.3) is 11.3 Å². The lowest BCUT2D eigenvalue weighted by molar-refractivity contribution is -0.115. The summed E-state index contributed by atoms with van der Waals surface area (Å²) in [6.45, 7) is 2.02. The molecule has 37 heavy (non-hydrogen) atoms. The van der Waals surface area contributed by atoms with Crippen molar-refractivity contribution in [2.45, 2.75) is 44.4 Å². The van der Waals surface area contributed by atoms with Gasteiger partial charge in [0.05, 0.1) is 18.2 Å². The van der Waals surface area contributed by atoms with E-state index in [0.29, 0.717) is 17.8 Å². The SMILES string of the molecule is CCC(=O)Nc1nn(C2(CC#N)CCN(Cc3cnc(-c4ccccc4)cc3F)CC2F)cc1C(N)=O. The Morgan fingerprint density at radius 1 is 1.32 bits per heavy atom. The van der Waals surface area contributed by atoms with Crippen LogP contribution < -0.4 is 11.1 Å². The third-order valence-corrected chi connectivity index (χ3v) is 6.66. The molecular formula is C26H27F2N7O2. The molecule has 2 amide bonds. The van der Waals surface area contributed by atoms with E-state index in [2.05, 4.69) is 15.4 Å². The first-order chi connectivity index (χ1) is 17.8. The first kappa shape index (κ1) is 25.9. The second-order valence-electron chi connectivity index (χ2n) is 9.02. The van der Waals surface area contributed by atoms with E-state index in [4.69, 9.17) is 5.73 Å². The number of nitrogens with zero attached hydrogens (tertiary/aromatic N) is 5. The second kappa shape index (κ2) is 10.8. The van der Waals surface area contributed by atoms with Crippen molar-refractivity contribution < 1.29 is 18.4 Å². The van der Waals surface area contributed by atoms with Gasteiger partial charge < -0.3 is 11.1 Å². The highest BCUT2D eigenvalue weighted by Gasteiger charge is 2.46. The molecule has 3 N–H and O–H groups in total. The molecule has 1 saturated heterocycles. The Morgan fingerprint density at radius 3 is 2.70 bits per heavy atom. The third kappa shape index (κ3) is 5.34. The summed E-state index contributed by atoms with van der Waals surface area (Å²) < 4.78 is 31.9. The number of anilines is 1. The Morgan fingerprint density at radius 2 is 2.08 bits per heavy atom. The average molecular weight is 508 g/mol. The van der Waals surface area contributed by atoms with Gasteiger partial charge in [0, 0.05) is 55.6 Å². The van der Waals surface area contributed by atoms with Gasteiger partial charge in [-0.3, -0.25) is 24.2 Å². The first-order valence-electron chi connectivity index (χ1n) is 11.9. The lowest BCUT2D eigenvalue weighted by Gasteiger charge is -2.43. The van der Waals surface area contributed by atoms with E-state index in [-0.39, 0.29) is 49.6 Å². The van der Waals surface area contributed by atoms with Gasteiger partial charge in [-0.2, -0.15) is 10.4 Å². The van der Waals surface area contributed by atoms with Crippen molar-refractivity contribution in [3.05, 3.63) is 65.7 Å². The summed E-state index contributed by atoms with van der Waals surface area (Å²) in [4.78, 5) is 29.9. The number of rotatable bonds is 8. The minimum atomic E-state index is -1.57. The molecule has 1 aromatic carbocycles. The topological polar surface area (TPSA) is 130 Å². The van der Waals surface area contributed by atoms with Gasteiger partial charge in [-0.25, -0.2) is 8.78 Å². The highest BCUT2D eigenvalue weighted by molar-refractivity contribution is 6.01. The zero-order valence-corrected chi connectivity index (χ0v) is 20.3. The fourth-order valence-corrected chi connectivity index (χ4v) is 4.49. The number of nitrogens with one attached hydrogen (secondary N) is 1. The number of halogens is 2. The molecule has 0 aliphatic carbocycles. The minimum Gasteiger partial charge on any atom is -0.365 e. The van der Waals surface area contributed by atoms with E-state index in [1.54, 1.807) is 11.8 Å². The maximum absolute atomic E-state index is 15.8. The average Bonchev–Trinajstić information content (AvgIpc) is 3.32. The predicted molar refractivity (Wildman–Crippen MR) is 132 cm³/mol. The molecule has 0 bridgehead atoms. The van der Waals surface area contributed by atoms with E-state index in [1.165, 1.54) is 23.1 Å². The van der Waals surface area contributed by atoms with Crippen molar-refractivity contribution in [3.8, 4) is 17.3 Å². The van der Waals surface area contributed by atoms with Crippen LogP contribution in [0.3, 0.4) is 0 Å². The summed E-state index contributed by atoms with van der Waals surface area (Å²) in [5.41, 5.74) is 5.63. The fraction of sp³-hybridized carbons (Fsp3) is 0.346. The van der Waals surface area contributed by atoms with Gasteiger partial charge in [-0.1, -0.05) is 37.3 Å². The van der Waals surface area contributed by atoms with Gasteiger partial charge in [0.1, 0.15) is 23.1 Å². The Balaban J connectivity index is 1.54. The van der Waals surface area contributed by atoms with Crippen molar-refractivity contribution in [3.63, 3.8) is 0 Å². The Hall–Kier alpha value is -4.17. The summed E-state index contributed by atoms with van der Waals surface area (Å²) >= 11 is 0. The standard InChI is InChI=1S/C26H27F2N7O2/c1-2-23(36)32-25-19(24(30)37)15-35(33-25)26(8-10-29)9-11-34(16-22(26)28)14-18-13-31-21(12-20(18)27)17-6-4-3-5-7-17/h3-7,12-13,15,22H,2,8-9,11,14,16H2,1H3,(H2,30,37)(H,32,33,36). The lowest BCUT2D eigenvalue weighted by Crippen LogP contribution is -2.54. The molecular weight excluding hydrogens is 480 g/mol. The lowest BCUT2D eigenvalue weighted by atomic mass is 9.83. The van der Waals surface area contributed by atoms with Gasteiger partial charge >= 0.3 is 0 Å². The van der Waals surface area contributed by atoms with Crippen LogP contribution in [0.15, 0.2) is 48.8 Å². The monoisotopic (exact) mass is 507 g/mol. The largest absolute Gasteiger partial charge is 0.365 e. The molecule has 1 aliphatic heterocycles. The molecule has 0 radical (unpaired) electrons. The number of benzene rings is 1. The Bertz CT molecular complexity index is 1340. The normalized spacial score (nSPS) is 19.8. The number of piperidine rings is 1. The van der Waals surface area contributed by atoms with E-state index in [0.717, 1.165) is 5.56 Å². The molecule has 11 heteroatoms. The first-order valence-corrected chi connectivity index (χ1v) is 11.9. The summed E-state index contributed by atoms with van der Waals surface area (Å²) in [7, 11) is 0. The van der Waals surface area contributed by atoms with Crippen LogP contribution in [0.5, 0.6) is 0 Å². The summed E-state index contributed by atoms with van der Waals surface area (Å²) in [5, 5.41) is 16.3. The van der Waals surface area contributed by atoms with E-state index < -0.39 is 23.4 Å². The number of alkyl halides is 1. The quantitative estimate of drug-likeness (QED) is 0.481. The molecule has 2 unspecified atom stereocenters. The van der Waals surface area contributed by atoms with Crippen molar-refractivity contribution in [2.75, 3.05) is 18.4 Å². The second-order valence-corrected chi connectivity index (χ2v) is 9.02. The van der Waals surface area contributed by atoms with Crippen molar-refractivity contribution in [1.29, 1.82) is 5.26 Å². The van der Waals surface area contributed by atoms with Gasteiger partial charge in [0.2, 0.25) is 5.91 Å². The van der Waals surface area contributed by atoms with Crippen molar-refractivity contribution in [2.24, 2.45) is 5.73 Å². The zero-order valence-electron chi connectivity index (χ0n) is 20.3. The maximum atomic E-state index is 15.8. The maximum Gasteiger partial charge on any atom is 0.254 e. The minimum absolute atomic E-state index is 0.0691. The fourth-order valence-electron chi connectivity index (χ4n) is 4.49. The zero-order chi connectivity index (χ0) is 26.6. The number of hydrogen-bond acceptors (Lipinski definition) is 6. The van der Waals surface area contributed by atoms with Crippen LogP contribution >= 0.6 is 0 Å². The van der Waals surface area contributed by atoms with Crippen LogP contribution in [-0.4, -0.2) is 50.7 Å². The Kier molecular flexibility index (Phi) is 7.59. The van der Waals surface area contributed by atoms with Crippen LogP contribution in [-0.2, 0) is 16.9 Å². The van der Waals surface area contributed by atoms with Crippen LogP contribution in [0.2, 0.25) is 0 Å². The summed E-state index contributed by atoms with van der Waals surface area (Å²) in [6, 6.07) is 12.6. The summed E-state index contributed by atoms with van der Waals surface area (Å²) in [5.74, 6) is -1.73. The number of aromatic nitrogens is 3. The summed E-state index contributed by atoms with van der Waals surface area (Å²) in [6.07, 6.45) is 1.25. The number of amides is 2. The number of hydrogen-bond donors (Lipinski definition) is 2. The van der Waals surface area contributed by atoms with E-state index in [9.17, 15) is 19.2 Å². The number of nitrogens with two attached hydrogens (primary N) is 1. The van der Waals surface area contributed by atoms with E-state index in [1.807, 2.05) is 36.4 Å². The van der Waals surface area contributed by atoms with Crippen LogP contribution in [0, 0.1) is 17.1 Å². The molecule has 192 valence electrons. The van der Waals surface area contributed by atoms with Crippen LogP contribution in [0.4, 0.5) is 14.6 Å².